The molecule has 2 aromatic carbocycles. The molecule has 0 aliphatic carbocycles. The summed E-state index contributed by atoms with van der Waals surface area (Å²) in [5.74, 6) is -1.09. The van der Waals surface area contributed by atoms with Gasteiger partial charge in [-0.25, -0.2) is 4.79 Å². The third-order valence-electron chi connectivity index (χ3n) is 6.95. The van der Waals surface area contributed by atoms with Crippen molar-refractivity contribution in [2.75, 3.05) is 13.7 Å². The van der Waals surface area contributed by atoms with Gasteiger partial charge < -0.3 is 24.5 Å². The van der Waals surface area contributed by atoms with E-state index in [0.29, 0.717) is 13.0 Å². The van der Waals surface area contributed by atoms with Gasteiger partial charge in [-0.05, 0) is 48.5 Å². The van der Waals surface area contributed by atoms with Crippen LogP contribution < -0.4 is 21.0 Å². The Labute approximate surface area is 258 Å². The lowest BCUT2D eigenvalue weighted by Gasteiger charge is -2.43. The van der Waals surface area contributed by atoms with Crippen LogP contribution in [0.4, 0.5) is 4.79 Å². The molecule has 0 aliphatic heterocycles. The largest absolute Gasteiger partial charge is 0.469 e. The summed E-state index contributed by atoms with van der Waals surface area (Å²) in [7, 11) is -1.37. The molecule has 2 amide bonds. The van der Waals surface area contributed by atoms with Gasteiger partial charge in [0.2, 0.25) is 5.91 Å². The Bertz CT molecular complexity index is 1160. The van der Waals surface area contributed by atoms with Gasteiger partial charge in [-0.3, -0.25) is 9.59 Å². The minimum Gasteiger partial charge on any atom is -0.469 e. The van der Waals surface area contributed by atoms with E-state index in [0.717, 1.165) is 0 Å². The van der Waals surface area contributed by atoms with Crippen molar-refractivity contribution >= 4 is 36.7 Å². The molecule has 8 nitrogen and oxygen atoms in total. The minimum absolute atomic E-state index is 0.0500. The molecule has 9 heteroatoms. The fraction of sp³-hybridized carbons (Fsp3) is 0.500. The maximum absolute atomic E-state index is 13.2. The number of hydrogen-bond acceptors (Lipinski definition) is 6. The zero-order valence-corrected chi connectivity index (χ0v) is 28.2. The Morgan fingerprint density at radius 2 is 1.40 bits per heavy atom. The summed E-state index contributed by atoms with van der Waals surface area (Å²) in [6.45, 7) is 16.1. The Hall–Kier alpha value is -3.43. The molecule has 43 heavy (non-hydrogen) atoms. The third-order valence-corrected chi connectivity index (χ3v) is 12.0. The van der Waals surface area contributed by atoms with Gasteiger partial charge in [0, 0.05) is 6.61 Å². The quantitative estimate of drug-likeness (QED) is 0.142. The second-order valence-electron chi connectivity index (χ2n) is 13.0. The molecule has 2 rings (SSSR count). The van der Waals surface area contributed by atoms with Crippen LogP contribution >= 0.6 is 0 Å². The maximum Gasteiger partial charge on any atom is 0.408 e. The first-order valence-electron chi connectivity index (χ1n) is 14.9. The van der Waals surface area contributed by atoms with Gasteiger partial charge in [-0.2, -0.15) is 0 Å². The van der Waals surface area contributed by atoms with E-state index in [2.05, 4.69) is 79.9 Å². The van der Waals surface area contributed by atoms with Crippen molar-refractivity contribution in [3.8, 4) is 0 Å². The van der Waals surface area contributed by atoms with E-state index in [1.54, 1.807) is 26.8 Å². The molecule has 0 unspecified atom stereocenters. The molecule has 0 bridgehead atoms. The third kappa shape index (κ3) is 10.7. The Morgan fingerprint density at radius 3 is 1.84 bits per heavy atom. The lowest BCUT2D eigenvalue weighted by molar-refractivity contribution is -0.141. The average molecular weight is 611 g/mol. The monoisotopic (exact) mass is 610 g/mol. The normalized spacial score (nSPS) is 13.8. The van der Waals surface area contributed by atoms with Crippen molar-refractivity contribution in [2.24, 2.45) is 5.92 Å². The molecular weight excluding hydrogens is 560 g/mol. The molecule has 0 aliphatic rings. The van der Waals surface area contributed by atoms with Crippen LogP contribution in [0, 0.1) is 5.92 Å². The number of alkyl carbamates (subject to hydrolysis) is 1. The molecule has 2 aromatic rings. The van der Waals surface area contributed by atoms with Crippen molar-refractivity contribution in [1.82, 2.24) is 10.6 Å². The van der Waals surface area contributed by atoms with Crippen molar-refractivity contribution in [1.29, 1.82) is 0 Å². The van der Waals surface area contributed by atoms with E-state index >= 15 is 0 Å². The summed E-state index contributed by atoms with van der Waals surface area (Å²) in [4.78, 5) is 37.8. The Kier molecular flexibility index (Phi) is 13.2. The average Bonchev–Trinajstić information content (AvgIpc) is 2.92. The molecule has 0 spiro atoms. The number of methoxy groups -OCH3 is 1. The zero-order chi connectivity index (χ0) is 32.3. The predicted octanol–water partition coefficient (Wildman–Crippen LogP) is 5.11. The molecule has 2 N–H and O–H groups in total. The number of amides is 2. The number of rotatable bonds is 13. The van der Waals surface area contributed by atoms with Gasteiger partial charge in [-0.1, -0.05) is 107 Å². The van der Waals surface area contributed by atoms with Gasteiger partial charge >= 0.3 is 12.1 Å². The van der Waals surface area contributed by atoms with Gasteiger partial charge in [0.05, 0.1) is 19.6 Å². The number of carbonyl (C=O) groups excluding carboxylic acids is 3. The van der Waals surface area contributed by atoms with Crippen LogP contribution in [0.1, 0.15) is 68.2 Å². The molecule has 0 saturated carbocycles. The lowest BCUT2D eigenvalue weighted by Crippen LogP contribution is -2.66. The molecule has 236 valence electrons. The van der Waals surface area contributed by atoms with Gasteiger partial charge in [0.25, 0.3) is 8.32 Å². The maximum atomic E-state index is 13.2. The number of hydrogen-bond donors (Lipinski definition) is 2. The minimum atomic E-state index is -2.67. The smallest absolute Gasteiger partial charge is 0.408 e. The van der Waals surface area contributed by atoms with Gasteiger partial charge in [0.15, 0.2) is 0 Å². The van der Waals surface area contributed by atoms with E-state index in [4.69, 9.17) is 13.9 Å². The molecule has 0 aromatic heterocycles. The second-order valence-corrected chi connectivity index (χ2v) is 17.3. The topological polar surface area (TPSA) is 103 Å². The molecule has 0 radical (unpaired) electrons. The summed E-state index contributed by atoms with van der Waals surface area (Å²) in [6, 6.07) is 19.4. The highest BCUT2D eigenvalue weighted by Crippen LogP contribution is 2.36. The second kappa shape index (κ2) is 15.9. The summed E-state index contributed by atoms with van der Waals surface area (Å²) in [5.41, 5.74) is -0.700. The Morgan fingerprint density at radius 1 is 0.860 bits per heavy atom. The molecule has 0 saturated heterocycles. The Balaban J connectivity index is 2.21. The van der Waals surface area contributed by atoms with Crippen molar-refractivity contribution in [2.45, 2.75) is 91.0 Å². The van der Waals surface area contributed by atoms with Gasteiger partial charge in [0.1, 0.15) is 11.6 Å². The number of esters is 1. The van der Waals surface area contributed by atoms with Crippen LogP contribution in [0.15, 0.2) is 72.8 Å². The zero-order valence-electron chi connectivity index (χ0n) is 27.2. The van der Waals surface area contributed by atoms with Crippen molar-refractivity contribution in [3.63, 3.8) is 0 Å². The van der Waals surface area contributed by atoms with E-state index < -0.39 is 44.0 Å². The van der Waals surface area contributed by atoms with Crippen LogP contribution in [0.2, 0.25) is 5.04 Å². The van der Waals surface area contributed by atoms with Crippen LogP contribution in [-0.2, 0) is 23.5 Å². The highest BCUT2D eigenvalue weighted by molar-refractivity contribution is 6.99. The van der Waals surface area contributed by atoms with Crippen molar-refractivity contribution in [3.05, 3.63) is 72.8 Å². The predicted molar refractivity (Wildman–Crippen MR) is 174 cm³/mol. The summed E-state index contributed by atoms with van der Waals surface area (Å²) >= 11 is 0. The van der Waals surface area contributed by atoms with Crippen LogP contribution in [-0.4, -0.2) is 57.7 Å². The van der Waals surface area contributed by atoms with E-state index in [1.165, 1.54) is 17.5 Å². The van der Waals surface area contributed by atoms with Crippen LogP contribution in [0.5, 0.6) is 0 Å². The highest BCUT2D eigenvalue weighted by Gasteiger charge is 2.49. The first kappa shape index (κ1) is 35.8. The standard InChI is InChI=1S/C34H50N2O6Si/c1-25(2)30(36-32(39)42-33(3,4)5)31(38)35-26(24-29(37)40-9)18-16-17-23-41-43(34(6,7)8,27-19-12-10-13-20-27)28-21-14-11-15-22-28/h10-16,18-22,25-26,30H,17,23-24H2,1-9H3,(H,35,38)(H,36,39)/b18-16+/t26-,30+/m1/s1. The van der Waals surface area contributed by atoms with E-state index in [-0.39, 0.29) is 17.4 Å². The highest BCUT2D eigenvalue weighted by atomic mass is 28.4. The number of nitrogens with one attached hydrogen (secondary N) is 2. The SMILES string of the molecule is COC(=O)C[C@@H](/C=C/CCO[Si](c1ccccc1)(c1ccccc1)C(C)(C)C)NC(=O)[C@@H](NC(=O)OC(C)(C)C)C(C)C. The number of carbonyl (C=O) groups is 3. The summed E-state index contributed by atoms with van der Waals surface area (Å²) in [6.07, 6.45) is 3.54. The summed E-state index contributed by atoms with van der Waals surface area (Å²) in [5, 5.41) is 7.80. The first-order valence-corrected chi connectivity index (χ1v) is 16.8. The number of ether oxygens (including phenoxy) is 2. The molecule has 0 fully saturated rings. The number of benzene rings is 2. The fourth-order valence-electron chi connectivity index (χ4n) is 4.97. The fourth-order valence-corrected chi connectivity index (χ4v) is 9.55. The molecule has 0 heterocycles. The summed E-state index contributed by atoms with van der Waals surface area (Å²) < 4.78 is 17.1. The van der Waals surface area contributed by atoms with Gasteiger partial charge in [-0.15, -0.1) is 0 Å². The van der Waals surface area contributed by atoms with Crippen LogP contribution in [0.3, 0.4) is 0 Å². The van der Waals surface area contributed by atoms with Crippen molar-refractivity contribution < 1.29 is 28.3 Å². The molecular formula is C34H50N2O6Si. The van der Waals surface area contributed by atoms with Crippen LogP contribution in [0.25, 0.3) is 0 Å². The van der Waals surface area contributed by atoms with E-state index in [9.17, 15) is 14.4 Å². The first-order chi connectivity index (χ1) is 20.1. The lowest BCUT2D eigenvalue weighted by atomic mass is 10.0. The van der Waals surface area contributed by atoms with E-state index in [1.807, 2.05) is 32.1 Å². The molecule has 2 atom stereocenters.